The molecule has 1 amide bonds. The lowest BCUT2D eigenvalue weighted by Gasteiger charge is -2.25. The highest BCUT2D eigenvalue weighted by Gasteiger charge is 2.44. The largest absolute Gasteiger partial charge is 0.443 e. The van der Waals surface area contributed by atoms with Crippen LogP contribution in [0.3, 0.4) is 0 Å². The zero-order chi connectivity index (χ0) is 26.0. The van der Waals surface area contributed by atoms with Crippen LogP contribution in [0.25, 0.3) is 11.2 Å². The number of amides is 1. The topological polar surface area (TPSA) is 195 Å². The van der Waals surface area contributed by atoms with Crippen molar-refractivity contribution in [3.8, 4) is 0 Å². The molecule has 0 spiro atoms. The number of aliphatic hydroxyl groups excluding tert-OH is 3. The van der Waals surface area contributed by atoms with Crippen LogP contribution in [0.5, 0.6) is 0 Å². The van der Waals surface area contributed by atoms with Crippen molar-refractivity contribution in [2.75, 3.05) is 11.9 Å². The van der Waals surface area contributed by atoms with E-state index in [-0.39, 0.29) is 22.7 Å². The minimum absolute atomic E-state index is 0.00547. The maximum Gasteiger partial charge on any atom is 0.413 e. The van der Waals surface area contributed by atoms with E-state index < -0.39 is 47.8 Å². The first-order valence-corrected chi connectivity index (χ1v) is 11.1. The number of rotatable bonds is 8. The van der Waals surface area contributed by atoms with E-state index >= 15 is 0 Å². The summed E-state index contributed by atoms with van der Waals surface area (Å²) in [7, 11) is 0. The molecule has 192 valence electrons. The van der Waals surface area contributed by atoms with Gasteiger partial charge in [-0.25, -0.2) is 19.7 Å². The standard InChI is InChI=1S/C22H26N6O8/c1-22(2,8-7-12-5-3-4-6-13(12)28(33)34)36-21(32)26-18-15-19(24-10-23-18)27(11-25-15)20-17(31)16(30)14(9-29)35-20/h3-6,10-11,14,16-17,20,29-31H,7-9H2,1-2H3,(H,23,24,26,32)/t14-,16-,17-,20-/m1/s1. The van der Waals surface area contributed by atoms with Gasteiger partial charge in [-0.05, 0) is 26.7 Å². The van der Waals surface area contributed by atoms with Gasteiger partial charge in [-0.1, -0.05) is 18.2 Å². The monoisotopic (exact) mass is 502 g/mol. The summed E-state index contributed by atoms with van der Waals surface area (Å²) in [5.74, 6) is 0.0463. The number of anilines is 1. The summed E-state index contributed by atoms with van der Waals surface area (Å²) in [4.78, 5) is 35.8. The number of fused-ring (bicyclic) bond motifs is 1. The van der Waals surface area contributed by atoms with Crippen molar-refractivity contribution in [3.63, 3.8) is 0 Å². The first kappa shape index (κ1) is 25.4. The Kier molecular flexibility index (Phi) is 7.12. The van der Waals surface area contributed by atoms with Crippen molar-refractivity contribution in [3.05, 3.63) is 52.6 Å². The first-order valence-electron chi connectivity index (χ1n) is 11.1. The normalized spacial score (nSPS) is 22.0. The Hall–Kier alpha value is -3.72. The number of imidazole rings is 1. The third-order valence-corrected chi connectivity index (χ3v) is 5.92. The number of nitrogens with zero attached hydrogens (tertiary/aromatic N) is 5. The molecule has 4 N–H and O–H groups in total. The second-order valence-corrected chi connectivity index (χ2v) is 8.94. The average molecular weight is 502 g/mol. The molecule has 0 aliphatic carbocycles. The van der Waals surface area contributed by atoms with Crippen LogP contribution in [-0.4, -0.2) is 76.4 Å². The molecule has 2 aromatic heterocycles. The molecule has 3 aromatic rings. The predicted octanol–water partition coefficient (Wildman–Crippen LogP) is 1.31. The molecule has 4 atom stereocenters. The number of aromatic nitrogens is 4. The summed E-state index contributed by atoms with van der Waals surface area (Å²) in [6.07, 6.45) is -2.35. The summed E-state index contributed by atoms with van der Waals surface area (Å²) >= 11 is 0. The van der Waals surface area contributed by atoms with Gasteiger partial charge in [0.15, 0.2) is 23.2 Å². The van der Waals surface area contributed by atoms with Crippen molar-refractivity contribution in [1.29, 1.82) is 0 Å². The number of ether oxygens (including phenoxy) is 2. The summed E-state index contributed by atoms with van der Waals surface area (Å²) in [6, 6.07) is 6.39. The van der Waals surface area contributed by atoms with E-state index in [1.54, 1.807) is 32.0 Å². The lowest BCUT2D eigenvalue weighted by Crippen LogP contribution is -2.33. The van der Waals surface area contributed by atoms with Crippen molar-refractivity contribution >= 4 is 28.8 Å². The highest BCUT2D eigenvalue weighted by Crippen LogP contribution is 2.32. The fourth-order valence-corrected chi connectivity index (χ4v) is 4.00. The molecule has 1 aliphatic heterocycles. The Morgan fingerprint density at radius 1 is 1.25 bits per heavy atom. The van der Waals surface area contributed by atoms with Crippen molar-refractivity contribution in [2.45, 2.75) is 56.8 Å². The van der Waals surface area contributed by atoms with Crippen LogP contribution < -0.4 is 5.32 Å². The van der Waals surface area contributed by atoms with Gasteiger partial charge in [0.05, 0.1) is 17.9 Å². The summed E-state index contributed by atoms with van der Waals surface area (Å²) in [5.41, 5.74) is -0.0228. The van der Waals surface area contributed by atoms with Gasteiger partial charge in [0, 0.05) is 11.6 Å². The highest BCUT2D eigenvalue weighted by atomic mass is 16.6. The highest BCUT2D eigenvalue weighted by molar-refractivity contribution is 5.93. The van der Waals surface area contributed by atoms with Crippen LogP contribution in [-0.2, 0) is 15.9 Å². The smallest absolute Gasteiger partial charge is 0.413 e. The number of aryl methyl sites for hydroxylation is 1. The number of para-hydroxylation sites is 1. The molecule has 36 heavy (non-hydrogen) atoms. The SMILES string of the molecule is CC(C)(CCc1ccccc1[N+](=O)[O-])OC(=O)Nc1ncnc2c1ncn2[C@@H]1O[C@H](CO)[C@@H](O)[C@H]1O. The van der Waals surface area contributed by atoms with E-state index in [1.807, 2.05) is 0 Å². The van der Waals surface area contributed by atoms with Crippen LogP contribution in [0.1, 0.15) is 32.1 Å². The summed E-state index contributed by atoms with van der Waals surface area (Å²) in [6.45, 7) is 2.89. The molecule has 0 bridgehead atoms. The van der Waals surface area contributed by atoms with Crippen LogP contribution in [0, 0.1) is 10.1 Å². The Morgan fingerprint density at radius 3 is 2.69 bits per heavy atom. The number of carbonyl (C=O) groups is 1. The number of nitrogens with one attached hydrogen (secondary N) is 1. The van der Waals surface area contributed by atoms with E-state index in [0.29, 0.717) is 18.4 Å². The van der Waals surface area contributed by atoms with E-state index in [0.717, 1.165) is 0 Å². The van der Waals surface area contributed by atoms with Gasteiger partial charge in [-0.15, -0.1) is 0 Å². The molecule has 0 unspecified atom stereocenters. The maximum absolute atomic E-state index is 12.6. The third kappa shape index (κ3) is 5.11. The minimum Gasteiger partial charge on any atom is -0.443 e. The Morgan fingerprint density at radius 2 is 2.00 bits per heavy atom. The van der Waals surface area contributed by atoms with Crippen LogP contribution in [0.4, 0.5) is 16.3 Å². The quantitative estimate of drug-likeness (QED) is 0.256. The second-order valence-electron chi connectivity index (χ2n) is 8.94. The van der Waals surface area contributed by atoms with Gasteiger partial charge in [-0.3, -0.25) is 20.0 Å². The number of nitro groups is 1. The number of benzene rings is 1. The molecule has 1 aromatic carbocycles. The first-order chi connectivity index (χ1) is 17.1. The van der Waals surface area contributed by atoms with Gasteiger partial charge >= 0.3 is 6.09 Å². The van der Waals surface area contributed by atoms with E-state index in [4.69, 9.17) is 9.47 Å². The predicted molar refractivity (Wildman–Crippen MR) is 124 cm³/mol. The second kappa shape index (κ2) is 10.1. The third-order valence-electron chi connectivity index (χ3n) is 5.92. The number of nitro benzene ring substituents is 1. The van der Waals surface area contributed by atoms with E-state index in [1.165, 1.54) is 23.3 Å². The molecule has 4 rings (SSSR count). The van der Waals surface area contributed by atoms with E-state index in [9.17, 15) is 30.2 Å². The number of aliphatic hydroxyl groups is 3. The lowest BCUT2D eigenvalue weighted by atomic mass is 9.97. The molecule has 3 heterocycles. The van der Waals surface area contributed by atoms with Crippen molar-refractivity contribution in [1.82, 2.24) is 19.5 Å². The Labute approximate surface area is 204 Å². The fourth-order valence-electron chi connectivity index (χ4n) is 4.00. The Bertz CT molecular complexity index is 1260. The van der Waals surface area contributed by atoms with Crippen LogP contribution in [0.15, 0.2) is 36.9 Å². The molecule has 14 heteroatoms. The van der Waals surface area contributed by atoms with Gasteiger partial charge in [0.25, 0.3) is 5.69 Å². The average Bonchev–Trinajstić information content (AvgIpc) is 3.39. The van der Waals surface area contributed by atoms with Crippen LogP contribution in [0.2, 0.25) is 0 Å². The molecule has 1 fully saturated rings. The van der Waals surface area contributed by atoms with Crippen molar-refractivity contribution < 1.29 is 34.5 Å². The molecule has 1 saturated heterocycles. The minimum atomic E-state index is -1.34. The number of hydrogen-bond acceptors (Lipinski definition) is 11. The van der Waals surface area contributed by atoms with Crippen molar-refractivity contribution in [2.24, 2.45) is 0 Å². The van der Waals surface area contributed by atoms with Gasteiger partial charge in [0.1, 0.15) is 30.2 Å². The van der Waals surface area contributed by atoms with E-state index in [2.05, 4.69) is 20.3 Å². The number of carbonyl (C=O) groups excluding carboxylic acids is 1. The van der Waals surface area contributed by atoms with Gasteiger partial charge < -0.3 is 24.8 Å². The summed E-state index contributed by atoms with van der Waals surface area (Å²) in [5, 5.41) is 43.4. The number of hydrogen-bond donors (Lipinski definition) is 4. The maximum atomic E-state index is 12.6. The van der Waals surface area contributed by atoms with Crippen LogP contribution >= 0.6 is 0 Å². The lowest BCUT2D eigenvalue weighted by molar-refractivity contribution is -0.385. The molecule has 0 saturated carbocycles. The zero-order valence-electron chi connectivity index (χ0n) is 19.5. The Balaban J connectivity index is 1.45. The summed E-state index contributed by atoms with van der Waals surface area (Å²) < 4.78 is 12.4. The fraction of sp³-hybridized carbons (Fsp3) is 0.455. The molecule has 1 aliphatic rings. The zero-order valence-corrected chi connectivity index (χ0v) is 19.5. The molecule has 14 nitrogen and oxygen atoms in total. The van der Waals surface area contributed by atoms with Gasteiger partial charge in [-0.2, -0.15) is 0 Å². The van der Waals surface area contributed by atoms with Gasteiger partial charge in [0.2, 0.25) is 0 Å². The molecular formula is C22H26N6O8. The molecular weight excluding hydrogens is 476 g/mol. The molecule has 0 radical (unpaired) electrons.